The fourth-order valence-corrected chi connectivity index (χ4v) is 2.25. The molecule has 2 aromatic carbocycles. The van der Waals surface area contributed by atoms with Gasteiger partial charge in [0.2, 0.25) is 0 Å². The molecular formula is C14H12Cl3N. The normalized spacial score (nSPS) is 10.6. The molecule has 0 saturated heterocycles. The van der Waals surface area contributed by atoms with Crippen LogP contribution in [0, 0.1) is 0 Å². The number of halogens is 3. The van der Waals surface area contributed by atoms with Crippen molar-refractivity contribution >= 4 is 34.8 Å². The van der Waals surface area contributed by atoms with Gasteiger partial charge < -0.3 is 5.32 Å². The summed E-state index contributed by atoms with van der Waals surface area (Å²) >= 11 is 18.1. The van der Waals surface area contributed by atoms with Gasteiger partial charge in [-0.15, -0.1) is 0 Å². The molecule has 0 spiro atoms. The van der Waals surface area contributed by atoms with Gasteiger partial charge >= 0.3 is 0 Å². The average Bonchev–Trinajstić information content (AvgIpc) is 2.37. The number of benzene rings is 2. The lowest BCUT2D eigenvalue weighted by atomic mass is 10.2. The summed E-state index contributed by atoms with van der Waals surface area (Å²) in [6.45, 7) is 1.35. The van der Waals surface area contributed by atoms with E-state index in [9.17, 15) is 0 Å². The first kappa shape index (κ1) is 13.7. The molecule has 1 nitrogen and oxygen atoms in total. The molecule has 94 valence electrons. The Labute approximate surface area is 122 Å². The lowest BCUT2D eigenvalue weighted by Gasteiger charge is -2.08. The molecular weight excluding hydrogens is 289 g/mol. The van der Waals surface area contributed by atoms with E-state index in [1.54, 1.807) is 6.07 Å². The van der Waals surface area contributed by atoms with Crippen molar-refractivity contribution < 1.29 is 0 Å². The summed E-state index contributed by atoms with van der Waals surface area (Å²) in [4.78, 5) is 0. The maximum Gasteiger partial charge on any atom is 0.0637 e. The maximum absolute atomic E-state index is 6.11. The first-order valence-corrected chi connectivity index (χ1v) is 6.69. The summed E-state index contributed by atoms with van der Waals surface area (Å²) in [5.74, 6) is 0. The summed E-state index contributed by atoms with van der Waals surface area (Å²) in [5, 5.41) is 5.25. The lowest BCUT2D eigenvalue weighted by molar-refractivity contribution is 0.694. The number of hydrogen-bond acceptors (Lipinski definition) is 1. The Morgan fingerprint density at radius 1 is 0.722 bits per heavy atom. The minimum absolute atomic E-state index is 0.578. The van der Waals surface area contributed by atoms with Crippen LogP contribution < -0.4 is 5.32 Å². The van der Waals surface area contributed by atoms with Crippen LogP contribution in [0.3, 0.4) is 0 Å². The molecule has 1 N–H and O–H groups in total. The van der Waals surface area contributed by atoms with Crippen LogP contribution >= 0.6 is 34.8 Å². The highest BCUT2D eigenvalue weighted by atomic mass is 35.5. The second kappa shape index (κ2) is 6.44. The Balaban J connectivity index is 1.97. The topological polar surface area (TPSA) is 12.0 Å². The van der Waals surface area contributed by atoms with E-state index in [0.29, 0.717) is 23.1 Å². The third kappa shape index (κ3) is 3.39. The van der Waals surface area contributed by atoms with Crippen LogP contribution in [0.25, 0.3) is 0 Å². The van der Waals surface area contributed by atoms with Gasteiger partial charge in [-0.3, -0.25) is 0 Å². The number of rotatable bonds is 4. The van der Waals surface area contributed by atoms with Gasteiger partial charge in [0.25, 0.3) is 0 Å². The van der Waals surface area contributed by atoms with Gasteiger partial charge in [-0.2, -0.15) is 0 Å². The van der Waals surface area contributed by atoms with E-state index in [2.05, 4.69) is 5.32 Å². The van der Waals surface area contributed by atoms with E-state index in [0.717, 1.165) is 16.1 Å². The standard InChI is InChI=1S/C14H12Cl3N/c15-12-6-2-1-4-10(12)8-18-9-11-5-3-7-13(16)14(11)17/h1-7,18H,8-9H2. The number of nitrogens with one attached hydrogen (secondary N) is 1. The molecule has 0 atom stereocenters. The maximum atomic E-state index is 6.11. The third-order valence-corrected chi connectivity index (χ3v) is 3.85. The van der Waals surface area contributed by atoms with Gasteiger partial charge in [0.15, 0.2) is 0 Å². The predicted octanol–water partition coefficient (Wildman–Crippen LogP) is 4.94. The van der Waals surface area contributed by atoms with Crippen molar-refractivity contribution in [1.82, 2.24) is 5.32 Å². The molecule has 0 radical (unpaired) electrons. The predicted molar refractivity (Wildman–Crippen MR) is 78.5 cm³/mol. The summed E-state index contributed by atoms with van der Waals surface area (Å²) < 4.78 is 0. The lowest BCUT2D eigenvalue weighted by Crippen LogP contribution is -2.13. The molecule has 18 heavy (non-hydrogen) atoms. The highest BCUT2D eigenvalue weighted by molar-refractivity contribution is 6.42. The fraction of sp³-hybridized carbons (Fsp3) is 0.143. The molecule has 0 amide bonds. The van der Waals surface area contributed by atoms with Crippen LogP contribution in [0.5, 0.6) is 0 Å². The Kier molecular flexibility index (Phi) is 4.90. The summed E-state index contributed by atoms with van der Waals surface area (Å²) in [5.41, 5.74) is 2.05. The Bertz CT molecular complexity index is 540. The van der Waals surface area contributed by atoms with Gasteiger partial charge in [0.05, 0.1) is 10.0 Å². The Morgan fingerprint density at radius 3 is 2.11 bits per heavy atom. The first-order chi connectivity index (χ1) is 8.68. The second-order valence-electron chi connectivity index (χ2n) is 3.91. The van der Waals surface area contributed by atoms with Gasteiger partial charge in [-0.05, 0) is 23.3 Å². The zero-order valence-corrected chi connectivity index (χ0v) is 11.9. The summed E-state index contributed by atoms with van der Waals surface area (Å²) in [6.07, 6.45) is 0. The molecule has 0 unspecified atom stereocenters. The van der Waals surface area contributed by atoms with Crippen molar-refractivity contribution in [2.45, 2.75) is 13.1 Å². The van der Waals surface area contributed by atoms with E-state index in [-0.39, 0.29) is 0 Å². The smallest absolute Gasteiger partial charge is 0.0637 e. The van der Waals surface area contributed by atoms with Crippen molar-refractivity contribution in [3.05, 3.63) is 68.7 Å². The van der Waals surface area contributed by atoms with Crippen LogP contribution in [-0.4, -0.2) is 0 Å². The first-order valence-electron chi connectivity index (χ1n) is 5.55. The van der Waals surface area contributed by atoms with Gasteiger partial charge in [0, 0.05) is 18.1 Å². The fourth-order valence-electron chi connectivity index (χ4n) is 1.66. The van der Waals surface area contributed by atoms with Crippen LogP contribution in [0.1, 0.15) is 11.1 Å². The molecule has 0 heterocycles. The van der Waals surface area contributed by atoms with Crippen LogP contribution in [0.15, 0.2) is 42.5 Å². The largest absolute Gasteiger partial charge is 0.309 e. The minimum Gasteiger partial charge on any atom is -0.309 e. The highest BCUT2D eigenvalue weighted by Gasteiger charge is 2.04. The van der Waals surface area contributed by atoms with Crippen molar-refractivity contribution in [2.24, 2.45) is 0 Å². The quantitative estimate of drug-likeness (QED) is 0.843. The van der Waals surface area contributed by atoms with E-state index in [1.165, 1.54) is 0 Å². The highest BCUT2D eigenvalue weighted by Crippen LogP contribution is 2.25. The SMILES string of the molecule is Clc1ccccc1CNCc1cccc(Cl)c1Cl. The minimum atomic E-state index is 0.578. The zero-order valence-electron chi connectivity index (χ0n) is 9.59. The molecule has 2 rings (SSSR count). The van der Waals surface area contributed by atoms with Gasteiger partial charge in [-0.1, -0.05) is 65.1 Å². The van der Waals surface area contributed by atoms with Crippen molar-refractivity contribution in [2.75, 3.05) is 0 Å². The van der Waals surface area contributed by atoms with E-state index in [4.69, 9.17) is 34.8 Å². The Hall–Kier alpha value is -0.730. The van der Waals surface area contributed by atoms with Gasteiger partial charge in [-0.25, -0.2) is 0 Å². The van der Waals surface area contributed by atoms with Crippen LogP contribution in [0.2, 0.25) is 15.1 Å². The van der Waals surface area contributed by atoms with E-state index < -0.39 is 0 Å². The molecule has 0 aliphatic rings. The van der Waals surface area contributed by atoms with Crippen molar-refractivity contribution in [3.63, 3.8) is 0 Å². The van der Waals surface area contributed by atoms with E-state index >= 15 is 0 Å². The van der Waals surface area contributed by atoms with Crippen LogP contribution in [0.4, 0.5) is 0 Å². The second-order valence-corrected chi connectivity index (χ2v) is 5.10. The number of hydrogen-bond donors (Lipinski definition) is 1. The molecule has 0 fully saturated rings. The van der Waals surface area contributed by atoms with Crippen molar-refractivity contribution in [1.29, 1.82) is 0 Å². The van der Waals surface area contributed by atoms with Crippen molar-refractivity contribution in [3.8, 4) is 0 Å². The average molecular weight is 301 g/mol. The molecule has 4 heteroatoms. The van der Waals surface area contributed by atoms with Crippen LogP contribution in [-0.2, 0) is 13.1 Å². The summed E-state index contributed by atoms with van der Waals surface area (Å²) in [7, 11) is 0. The molecule has 0 aromatic heterocycles. The zero-order chi connectivity index (χ0) is 13.0. The molecule has 2 aromatic rings. The summed E-state index contributed by atoms with van der Waals surface area (Å²) in [6, 6.07) is 13.4. The molecule has 0 bridgehead atoms. The molecule has 0 saturated carbocycles. The monoisotopic (exact) mass is 299 g/mol. The Morgan fingerprint density at radius 2 is 1.33 bits per heavy atom. The third-order valence-electron chi connectivity index (χ3n) is 2.62. The van der Waals surface area contributed by atoms with Gasteiger partial charge in [0.1, 0.15) is 0 Å². The molecule has 0 aliphatic heterocycles. The van der Waals surface area contributed by atoms with E-state index in [1.807, 2.05) is 36.4 Å². The molecule has 0 aliphatic carbocycles.